The van der Waals surface area contributed by atoms with E-state index >= 15 is 0 Å². The minimum Gasteiger partial charge on any atom is -0.462 e. The molecule has 0 saturated carbocycles. The Morgan fingerprint density at radius 3 is 0.878 bits per heavy atom. The quantitative estimate of drug-likeness (QED) is 0.0369. The van der Waals surface area contributed by atoms with E-state index in [4.69, 9.17) is 14.2 Å². The molecule has 0 aliphatic rings. The maximum absolute atomic E-state index is 12.7. The Hall–Kier alpha value is -1.59. The van der Waals surface area contributed by atoms with E-state index in [1.54, 1.807) is 0 Å². The highest BCUT2D eigenvalue weighted by Gasteiger charge is 2.19. The molecule has 0 spiro atoms. The van der Waals surface area contributed by atoms with Gasteiger partial charge in [-0.25, -0.2) is 0 Å². The first-order valence-electron chi connectivity index (χ1n) is 21.1. The molecule has 6 nitrogen and oxygen atoms in total. The van der Waals surface area contributed by atoms with Crippen LogP contribution in [0.15, 0.2) is 0 Å². The Morgan fingerprint density at radius 1 is 0.347 bits per heavy atom. The van der Waals surface area contributed by atoms with Gasteiger partial charge in [0.25, 0.3) is 0 Å². The van der Waals surface area contributed by atoms with Crippen LogP contribution in [0.3, 0.4) is 0 Å². The van der Waals surface area contributed by atoms with E-state index in [1.165, 1.54) is 103 Å². The maximum Gasteiger partial charge on any atom is 0.306 e. The van der Waals surface area contributed by atoms with Crippen molar-refractivity contribution in [3.05, 3.63) is 0 Å². The number of carbonyl (C=O) groups excluding carboxylic acids is 3. The monoisotopic (exact) mass is 695 g/mol. The average Bonchev–Trinajstić information content (AvgIpc) is 3.04. The van der Waals surface area contributed by atoms with Crippen LogP contribution in [0.2, 0.25) is 0 Å². The van der Waals surface area contributed by atoms with Crippen LogP contribution in [0.1, 0.15) is 221 Å². The van der Waals surface area contributed by atoms with Gasteiger partial charge in [-0.1, -0.05) is 183 Å². The summed E-state index contributed by atoms with van der Waals surface area (Å²) in [5, 5.41) is 0. The molecule has 0 aliphatic carbocycles. The Bertz CT molecular complexity index is 761. The van der Waals surface area contributed by atoms with Crippen LogP contribution in [0, 0.1) is 17.8 Å². The third-order valence-corrected chi connectivity index (χ3v) is 9.40. The van der Waals surface area contributed by atoms with E-state index in [-0.39, 0.29) is 31.1 Å². The van der Waals surface area contributed by atoms with Crippen LogP contribution in [-0.4, -0.2) is 37.2 Å². The zero-order valence-electron chi connectivity index (χ0n) is 33.5. The standard InChI is InChI=1S/C43H82O6/c1-37(2)29-23-17-11-8-7-9-13-22-28-34-43(46)49-40(36-48-42(45)33-27-21-16-15-19-25-31-39(5)6)35-47-41(44)32-26-20-14-10-12-18-24-30-38(3)4/h37-40H,7-36H2,1-6H3/t40-/m1/s1. The lowest BCUT2D eigenvalue weighted by Crippen LogP contribution is -2.30. The number of esters is 3. The summed E-state index contributed by atoms with van der Waals surface area (Å²) in [5.74, 6) is 1.48. The molecule has 0 aromatic carbocycles. The largest absolute Gasteiger partial charge is 0.462 e. The van der Waals surface area contributed by atoms with Crippen LogP contribution in [-0.2, 0) is 28.6 Å². The summed E-state index contributed by atoms with van der Waals surface area (Å²) in [6, 6.07) is 0. The normalized spacial score (nSPS) is 12.2. The smallest absolute Gasteiger partial charge is 0.306 e. The van der Waals surface area contributed by atoms with Gasteiger partial charge >= 0.3 is 17.9 Å². The summed E-state index contributed by atoms with van der Waals surface area (Å²) in [5.41, 5.74) is 0. The molecular formula is C43H82O6. The van der Waals surface area contributed by atoms with Crippen molar-refractivity contribution >= 4 is 17.9 Å². The predicted octanol–water partition coefficient (Wildman–Crippen LogP) is 12.9. The van der Waals surface area contributed by atoms with Gasteiger partial charge < -0.3 is 14.2 Å². The van der Waals surface area contributed by atoms with Crippen molar-refractivity contribution in [2.45, 2.75) is 227 Å². The van der Waals surface area contributed by atoms with E-state index in [2.05, 4.69) is 41.5 Å². The molecule has 290 valence electrons. The van der Waals surface area contributed by atoms with E-state index in [1.807, 2.05) is 0 Å². The van der Waals surface area contributed by atoms with Crippen molar-refractivity contribution < 1.29 is 28.6 Å². The lowest BCUT2D eigenvalue weighted by Gasteiger charge is -2.18. The van der Waals surface area contributed by atoms with Crippen molar-refractivity contribution in [2.24, 2.45) is 17.8 Å². The minimum atomic E-state index is -0.761. The highest BCUT2D eigenvalue weighted by atomic mass is 16.6. The summed E-state index contributed by atoms with van der Waals surface area (Å²) in [6.07, 6.45) is 29.7. The van der Waals surface area contributed by atoms with E-state index in [0.717, 1.165) is 75.5 Å². The molecule has 1 atom stereocenters. The van der Waals surface area contributed by atoms with Gasteiger partial charge in [-0.15, -0.1) is 0 Å². The van der Waals surface area contributed by atoms with E-state index in [9.17, 15) is 14.4 Å². The summed E-state index contributed by atoms with van der Waals surface area (Å²) in [6.45, 7) is 13.5. The van der Waals surface area contributed by atoms with Gasteiger partial charge in [-0.05, 0) is 37.0 Å². The van der Waals surface area contributed by atoms with Crippen LogP contribution in [0.25, 0.3) is 0 Å². The Balaban J connectivity index is 4.36. The minimum absolute atomic E-state index is 0.0682. The maximum atomic E-state index is 12.7. The van der Waals surface area contributed by atoms with Gasteiger partial charge in [0.15, 0.2) is 6.10 Å². The molecule has 6 heteroatoms. The lowest BCUT2D eigenvalue weighted by atomic mass is 10.0. The van der Waals surface area contributed by atoms with Gasteiger partial charge in [0, 0.05) is 19.3 Å². The fraction of sp³-hybridized carbons (Fsp3) is 0.930. The van der Waals surface area contributed by atoms with Crippen molar-refractivity contribution in [1.29, 1.82) is 0 Å². The van der Waals surface area contributed by atoms with Crippen LogP contribution in [0.5, 0.6) is 0 Å². The van der Waals surface area contributed by atoms with Crippen molar-refractivity contribution in [1.82, 2.24) is 0 Å². The molecular weight excluding hydrogens is 612 g/mol. The second-order valence-corrected chi connectivity index (χ2v) is 16.1. The predicted molar refractivity (Wildman–Crippen MR) is 206 cm³/mol. The van der Waals surface area contributed by atoms with E-state index in [0.29, 0.717) is 19.3 Å². The number of ether oxygens (including phenoxy) is 3. The molecule has 0 unspecified atom stereocenters. The second-order valence-electron chi connectivity index (χ2n) is 16.1. The van der Waals surface area contributed by atoms with Gasteiger partial charge in [0.2, 0.25) is 0 Å². The highest BCUT2D eigenvalue weighted by molar-refractivity contribution is 5.71. The molecule has 0 N–H and O–H groups in total. The number of rotatable bonds is 36. The molecule has 0 heterocycles. The van der Waals surface area contributed by atoms with Crippen molar-refractivity contribution in [3.8, 4) is 0 Å². The number of hydrogen-bond acceptors (Lipinski definition) is 6. The fourth-order valence-corrected chi connectivity index (χ4v) is 6.17. The molecule has 0 fully saturated rings. The topological polar surface area (TPSA) is 78.9 Å². The summed E-state index contributed by atoms with van der Waals surface area (Å²) in [4.78, 5) is 37.5. The molecule has 49 heavy (non-hydrogen) atoms. The molecule has 0 radical (unpaired) electrons. The second kappa shape index (κ2) is 34.8. The van der Waals surface area contributed by atoms with E-state index < -0.39 is 6.10 Å². The third kappa shape index (κ3) is 37.5. The zero-order chi connectivity index (χ0) is 36.4. The fourth-order valence-electron chi connectivity index (χ4n) is 6.17. The zero-order valence-corrected chi connectivity index (χ0v) is 33.5. The molecule has 0 amide bonds. The molecule has 0 aromatic rings. The average molecular weight is 695 g/mol. The molecule has 0 rings (SSSR count). The van der Waals surface area contributed by atoms with Crippen LogP contribution >= 0.6 is 0 Å². The first-order chi connectivity index (χ1) is 23.6. The number of hydrogen-bond donors (Lipinski definition) is 0. The summed E-state index contributed by atoms with van der Waals surface area (Å²) >= 11 is 0. The number of unbranched alkanes of at least 4 members (excludes halogenated alkanes) is 19. The first-order valence-corrected chi connectivity index (χ1v) is 21.1. The lowest BCUT2D eigenvalue weighted by molar-refractivity contribution is -0.167. The highest BCUT2D eigenvalue weighted by Crippen LogP contribution is 2.16. The first kappa shape index (κ1) is 47.4. The molecule has 0 aromatic heterocycles. The molecule has 0 bridgehead atoms. The number of carbonyl (C=O) groups is 3. The summed E-state index contributed by atoms with van der Waals surface area (Å²) in [7, 11) is 0. The summed E-state index contributed by atoms with van der Waals surface area (Å²) < 4.78 is 16.6. The Labute approximate surface area is 304 Å². The molecule has 0 aliphatic heterocycles. The Kier molecular flexibility index (Phi) is 33.7. The van der Waals surface area contributed by atoms with Crippen LogP contribution in [0.4, 0.5) is 0 Å². The van der Waals surface area contributed by atoms with Crippen LogP contribution < -0.4 is 0 Å². The van der Waals surface area contributed by atoms with Crippen molar-refractivity contribution in [3.63, 3.8) is 0 Å². The van der Waals surface area contributed by atoms with Crippen molar-refractivity contribution in [2.75, 3.05) is 13.2 Å². The Morgan fingerprint density at radius 2 is 0.592 bits per heavy atom. The van der Waals surface area contributed by atoms with Gasteiger partial charge in [0.05, 0.1) is 0 Å². The van der Waals surface area contributed by atoms with Gasteiger partial charge in [0.1, 0.15) is 13.2 Å². The SMILES string of the molecule is CC(C)CCCCCCCCCCCC(=O)O[C@H](COC(=O)CCCCCCCCCC(C)C)COC(=O)CCCCCCCCC(C)C. The molecule has 0 saturated heterocycles. The van der Waals surface area contributed by atoms with Gasteiger partial charge in [-0.3, -0.25) is 14.4 Å². The van der Waals surface area contributed by atoms with Gasteiger partial charge in [-0.2, -0.15) is 0 Å². The third-order valence-electron chi connectivity index (χ3n) is 9.40.